The van der Waals surface area contributed by atoms with Crippen LogP contribution in [0.4, 0.5) is 0 Å². The van der Waals surface area contributed by atoms with Gasteiger partial charge in [0.1, 0.15) is 0 Å². The van der Waals surface area contributed by atoms with Gasteiger partial charge >= 0.3 is 0 Å². The molecule has 5 rings (SSSR count). The molecule has 0 heterocycles. The van der Waals surface area contributed by atoms with Crippen molar-refractivity contribution in [2.45, 2.75) is 225 Å². The first-order valence-electron chi connectivity index (χ1n) is 23.5. The maximum Gasteiger partial charge on any atom is 0.0215 e. The van der Waals surface area contributed by atoms with E-state index in [4.69, 9.17) is 0 Å². The number of fused-ring (bicyclic) bond motifs is 6. The van der Waals surface area contributed by atoms with Crippen molar-refractivity contribution < 1.29 is 0 Å². The summed E-state index contributed by atoms with van der Waals surface area (Å²) in [5.41, 5.74) is 14.7. The zero-order chi connectivity index (χ0) is 37.4. The van der Waals surface area contributed by atoms with Crippen LogP contribution in [0.2, 0.25) is 0 Å². The standard InChI is InChI=1S/C53H80/c1-6-10-14-18-22-28-36-52(37-29-23-19-15-11-7-2)48-33-27-26-32-44(48)46-41-51-47(42-50(46)52)45-35-34-43(5)40-49(45)53(51,38-30-24-20-16-12-8-3)39-31-25-21-17-13-9-4/h26-27,32-35,40-42H,6-25,28-31,36-39H2,1-5H3. The molecule has 3 aromatic carbocycles. The monoisotopic (exact) mass is 717 g/mol. The highest BCUT2D eigenvalue weighted by molar-refractivity contribution is 5.90. The molecule has 2 aliphatic rings. The van der Waals surface area contributed by atoms with Crippen LogP contribution < -0.4 is 0 Å². The highest BCUT2D eigenvalue weighted by atomic mass is 14.5. The fourth-order valence-corrected chi connectivity index (χ4v) is 10.7. The summed E-state index contributed by atoms with van der Waals surface area (Å²) in [7, 11) is 0. The van der Waals surface area contributed by atoms with Gasteiger partial charge in [-0.05, 0) is 89.2 Å². The molecule has 0 nitrogen and oxygen atoms in total. The van der Waals surface area contributed by atoms with Crippen molar-refractivity contribution in [3.05, 3.63) is 82.4 Å². The third-order valence-electron chi connectivity index (χ3n) is 13.7. The maximum absolute atomic E-state index is 2.80. The summed E-state index contributed by atoms with van der Waals surface area (Å²) in [5.74, 6) is 0. The van der Waals surface area contributed by atoms with Crippen LogP contribution in [0.25, 0.3) is 22.3 Å². The normalized spacial score (nSPS) is 14.7. The van der Waals surface area contributed by atoms with Gasteiger partial charge in [-0.2, -0.15) is 0 Å². The van der Waals surface area contributed by atoms with E-state index >= 15 is 0 Å². The second kappa shape index (κ2) is 21.7. The topological polar surface area (TPSA) is 0 Å². The van der Waals surface area contributed by atoms with Gasteiger partial charge in [0.15, 0.2) is 0 Å². The lowest BCUT2D eigenvalue weighted by molar-refractivity contribution is 0.394. The quantitative estimate of drug-likeness (QED) is 0.0656. The van der Waals surface area contributed by atoms with Crippen LogP contribution >= 0.6 is 0 Å². The molecule has 0 fully saturated rings. The van der Waals surface area contributed by atoms with Crippen LogP contribution in [-0.4, -0.2) is 0 Å². The zero-order valence-corrected chi connectivity index (χ0v) is 35.5. The Morgan fingerprint density at radius 2 is 0.660 bits per heavy atom. The molecule has 0 saturated carbocycles. The Morgan fingerprint density at radius 3 is 1.09 bits per heavy atom. The highest BCUT2D eigenvalue weighted by Crippen LogP contribution is 2.61. The lowest BCUT2D eigenvalue weighted by atomic mass is 9.68. The van der Waals surface area contributed by atoms with Crippen LogP contribution in [0.1, 0.15) is 235 Å². The summed E-state index contributed by atoms with van der Waals surface area (Å²) in [6.07, 6.45) is 38.2. The zero-order valence-electron chi connectivity index (χ0n) is 35.5. The first-order chi connectivity index (χ1) is 26.1. The molecule has 0 spiro atoms. The Balaban J connectivity index is 1.57. The average Bonchev–Trinajstić information content (AvgIpc) is 3.59. The first kappa shape index (κ1) is 41.8. The molecule has 0 aromatic heterocycles. The molecule has 0 N–H and O–H groups in total. The lowest BCUT2D eigenvalue weighted by Gasteiger charge is -2.35. The van der Waals surface area contributed by atoms with Crippen LogP contribution in [0.5, 0.6) is 0 Å². The van der Waals surface area contributed by atoms with Gasteiger partial charge in [-0.1, -0.05) is 230 Å². The Labute approximate surface area is 328 Å². The maximum atomic E-state index is 2.80. The van der Waals surface area contributed by atoms with Gasteiger partial charge in [0.2, 0.25) is 0 Å². The number of unbranched alkanes of at least 4 members (excludes halogenated alkanes) is 20. The predicted molar refractivity (Wildman–Crippen MR) is 236 cm³/mol. The summed E-state index contributed by atoms with van der Waals surface area (Å²) in [5, 5.41) is 0. The fourth-order valence-electron chi connectivity index (χ4n) is 10.7. The first-order valence-corrected chi connectivity index (χ1v) is 23.5. The molecule has 0 atom stereocenters. The van der Waals surface area contributed by atoms with Gasteiger partial charge in [-0.15, -0.1) is 0 Å². The van der Waals surface area contributed by atoms with Crippen molar-refractivity contribution in [3.63, 3.8) is 0 Å². The number of benzene rings is 3. The predicted octanol–water partition coefficient (Wildman–Crippen LogP) is 17.5. The van der Waals surface area contributed by atoms with Gasteiger partial charge in [0.05, 0.1) is 0 Å². The molecule has 53 heavy (non-hydrogen) atoms. The van der Waals surface area contributed by atoms with Gasteiger partial charge < -0.3 is 0 Å². The van der Waals surface area contributed by atoms with Crippen LogP contribution in [0.3, 0.4) is 0 Å². The molecule has 0 radical (unpaired) electrons. The summed E-state index contributed by atoms with van der Waals surface area (Å²) in [4.78, 5) is 0. The average molecular weight is 717 g/mol. The second-order valence-electron chi connectivity index (χ2n) is 17.8. The van der Waals surface area contributed by atoms with Crippen molar-refractivity contribution in [2.24, 2.45) is 0 Å². The summed E-state index contributed by atoms with van der Waals surface area (Å²) >= 11 is 0. The van der Waals surface area contributed by atoms with Crippen molar-refractivity contribution in [2.75, 3.05) is 0 Å². The van der Waals surface area contributed by atoms with Gasteiger partial charge in [-0.25, -0.2) is 0 Å². The van der Waals surface area contributed by atoms with Crippen LogP contribution in [-0.2, 0) is 10.8 Å². The largest absolute Gasteiger partial charge is 0.0654 e. The molecule has 0 bridgehead atoms. The minimum atomic E-state index is 0.139. The third-order valence-corrected chi connectivity index (χ3v) is 13.7. The molecule has 292 valence electrons. The minimum absolute atomic E-state index is 0.139. The van der Waals surface area contributed by atoms with E-state index in [1.807, 2.05) is 0 Å². The van der Waals surface area contributed by atoms with E-state index < -0.39 is 0 Å². The summed E-state index contributed by atoms with van der Waals surface area (Å²) < 4.78 is 0. The second-order valence-corrected chi connectivity index (χ2v) is 17.8. The molecule has 0 heteroatoms. The number of hydrogen-bond donors (Lipinski definition) is 0. The van der Waals surface area contributed by atoms with E-state index in [0.29, 0.717) is 0 Å². The van der Waals surface area contributed by atoms with Crippen molar-refractivity contribution in [3.8, 4) is 22.3 Å². The van der Waals surface area contributed by atoms with E-state index in [2.05, 4.69) is 89.2 Å². The molecular weight excluding hydrogens is 637 g/mol. The van der Waals surface area contributed by atoms with Gasteiger partial charge in [0, 0.05) is 10.8 Å². The summed E-state index contributed by atoms with van der Waals surface area (Å²) in [6, 6.07) is 22.9. The molecule has 0 saturated heterocycles. The molecular formula is C53H80. The molecule has 0 unspecified atom stereocenters. The summed E-state index contributed by atoms with van der Waals surface area (Å²) in [6.45, 7) is 11.7. The molecule has 0 amide bonds. The Morgan fingerprint density at radius 1 is 0.321 bits per heavy atom. The van der Waals surface area contributed by atoms with Crippen molar-refractivity contribution in [1.29, 1.82) is 0 Å². The van der Waals surface area contributed by atoms with E-state index in [1.165, 1.54) is 185 Å². The van der Waals surface area contributed by atoms with E-state index in [-0.39, 0.29) is 10.8 Å². The molecule has 0 aliphatic heterocycles. The van der Waals surface area contributed by atoms with Crippen LogP contribution in [0.15, 0.2) is 54.6 Å². The van der Waals surface area contributed by atoms with E-state index in [9.17, 15) is 0 Å². The van der Waals surface area contributed by atoms with E-state index in [0.717, 1.165) is 0 Å². The highest BCUT2D eigenvalue weighted by Gasteiger charge is 2.47. The number of hydrogen-bond acceptors (Lipinski definition) is 0. The smallest absolute Gasteiger partial charge is 0.0215 e. The number of rotatable bonds is 28. The number of aryl methyl sites for hydroxylation is 1. The van der Waals surface area contributed by atoms with Gasteiger partial charge in [0.25, 0.3) is 0 Å². The van der Waals surface area contributed by atoms with Crippen molar-refractivity contribution in [1.82, 2.24) is 0 Å². The Hall–Kier alpha value is -2.34. The fraction of sp³-hybridized carbons (Fsp3) is 0.660. The van der Waals surface area contributed by atoms with Gasteiger partial charge in [-0.3, -0.25) is 0 Å². The Kier molecular flexibility index (Phi) is 17.1. The Bertz CT molecular complexity index is 1470. The third kappa shape index (κ3) is 10.1. The van der Waals surface area contributed by atoms with Crippen molar-refractivity contribution >= 4 is 0 Å². The SMILES string of the molecule is CCCCCCCCC1(CCCCCCCC)c2ccccc2-c2cc3c(cc21)-c1ccc(C)cc1C3(CCCCCCCC)CCCCCCCC. The molecule has 3 aromatic rings. The van der Waals surface area contributed by atoms with Crippen LogP contribution in [0, 0.1) is 6.92 Å². The molecule has 2 aliphatic carbocycles. The lowest BCUT2D eigenvalue weighted by Crippen LogP contribution is -2.27. The van der Waals surface area contributed by atoms with E-state index in [1.54, 1.807) is 44.5 Å². The minimum Gasteiger partial charge on any atom is -0.0654 e.